The van der Waals surface area contributed by atoms with Gasteiger partial charge in [0.1, 0.15) is 11.8 Å². The lowest BCUT2D eigenvalue weighted by atomic mass is 10.1. The smallest absolute Gasteiger partial charge is 0.164 e. The molecule has 0 unspecified atom stereocenters. The number of nitrogens with zero attached hydrogens (tertiary/aromatic N) is 4. The van der Waals surface area contributed by atoms with Crippen molar-refractivity contribution in [2.75, 3.05) is 6.61 Å². The van der Waals surface area contributed by atoms with E-state index in [9.17, 15) is 5.11 Å². The summed E-state index contributed by atoms with van der Waals surface area (Å²) >= 11 is 5.97. The zero-order valence-corrected chi connectivity index (χ0v) is 11.1. The standard InChI is InChI=1S/C12H15ClN4O/c1-12(2)7(8(12)4-18)3-17-6-16-9-10(13)14-5-15-11(9)17/h5-8,18H,3-4H2,1-2H3/t7-,8-/m0/s1. The normalized spacial score (nSPS) is 25.6. The number of halogens is 1. The van der Waals surface area contributed by atoms with Crippen molar-refractivity contribution in [2.24, 2.45) is 17.3 Å². The fraction of sp³-hybridized carbons (Fsp3) is 0.583. The van der Waals surface area contributed by atoms with Gasteiger partial charge in [0.2, 0.25) is 0 Å². The molecule has 0 bridgehead atoms. The van der Waals surface area contributed by atoms with E-state index >= 15 is 0 Å². The minimum atomic E-state index is 0.183. The zero-order valence-electron chi connectivity index (χ0n) is 10.3. The van der Waals surface area contributed by atoms with Crippen molar-refractivity contribution >= 4 is 22.8 Å². The van der Waals surface area contributed by atoms with Crippen molar-refractivity contribution in [3.63, 3.8) is 0 Å². The highest BCUT2D eigenvalue weighted by Gasteiger charge is 2.56. The number of aliphatic hydroxyl groups is 1. The van der Waals surface area contributed by atoms with Crippen LogP contribution in [0.2, 0.25) is 5.15 Å². The van der Waals surface area contributed by atoms with Gasteiger partial charge in [-0.2, -0.15) is 0 Å². The van der Waals surface area contributed by atoms with Crippen LogP contribution in [0.15, 0.2) is 12.7 Å². The van der Waals surface area contributed by atoms with Crippen molar-refractivity contribution in [1.29, 1.82) is 0 Å². The summed E-state index contributed by atoms with van der Waals surface area (Å²) in [7, 11) is 0. The summed E-state index contributed by atoms with van der Waals surface area (Å²) in [4.78, 5) is 12.4. The lowest BCUT2D eigenvalue weighted by Crippen LogP contribution is -2.03. The lowest BCUT2D eigenvalue weighted by Gasteiger charge is -2.04. The van der Waals surface area contributed by atoms with Crippen LogP contribution in [0.5, 0.6) is 0 Å². The fourth-order valence-electron chi connectivity index (χ4n) is 2.78. The third-order valence-corrected chi connectivity index (χ3v) is 4.51. The van der Waals surface area contributed by atoms with Crippen LogP contribution in [0.1, 0.15) is 13.8 Å². The molecule has 2 atom stereocenters. The van der Waals surface area contributed by atoms with Gasteiger partial charge in [-0.05, 0) is 17.3 Å². The highest BCUT2D eigenvalue weighted by atomic mass is 35.5. The summed E-state index contributed by atoms with van der Waals surface area (Å²) < 4.78 is 1.99. The maximum atomic E-state index is 9.33. The SMILES string of the molecule is CC1(C)[C@@H](CO)[C@@H]1Cn1cnc2c(Cl)ncnc21. The van der Waals surface area contributed by atoms with Gasteiger partial charge in [0.25, 0.3) is 0 Å². The Balaban J connectivity index is 1.91. The predicted molar refractivity (Wildman–Crippen MR) is 68.2 cm³/mol. The molecule has 0 aliphatic heterocycles. The Bertz CT molecular complexity index is 595. The van der Waals surface area contributed by atoms with Gasteiger partial charge in [0.15, 0.2) is 10.8 Å². The molecule has 1 saturated carbocycles. The van der Waals surface area contributed by atoms with Gasteiger partial charge < -0.3 is 9.67 Å². The van der Waals surface area contributed by atoms with Crippen LogP contribution in [0.25, 0.3) is 11.2 Å². The van der Waals surface area contributed by atoms with E-state index in [-0.39, 0.29) is 12.0 Å². The summed E-state index contributed by atoms with van der Waals surface area (Å²) in [6, 6.07) is 0. The summed E-state index contributed by atoms with van der Waals surface area (Å²) in [5.74, 6) is 0.806. The number of hydrogen-bond acceptors (Lipinski definition) is 4. The van der Waals surface area contributed by atoms with Gasteiger partial charge in [-0.1, -0.05) is 25.4 Å². The number of imidazole rings is 1. The summed E-state index contributed by atoms with van der Waals surface area (Å²) in [6.07, 6.45) is 3.19. The Hall–Kier alpha value is -1.20. The first-order valence-corrected chi connectivity index (χ1v) is 6.35. The van der Waals surface area contributed by atoms with Crippen molar-refractivity contribution in [2.45, 2.75) is 20.4 Å². The predicted octanol–water partition coefficient (Wildman–Crippen LogP) is 1.74. The molecule has 0 radical (unpaired) electrons. The van der Waals surface area contributed by atoms with Crippen LogP contribution in [-0.2, 0) is 6.54 Å². The Morgan fingerprint density at radius 1 is 1.33 bits per heavy atom. The van der Waals surface area contributed by atoms with Crippen molar-refractivity contribution in [3.8, 4) is 0 Å². The van der Waals surface area contributed by atoms with Crippen molar-refractivity contribution < 1.29 is 5.11 Å². The van der Waals surface area contributed by atoms with Gasteiger partial charge in [0.05, 0.1) is 6.33 Å². The molecular weight excluding hydrogens is 252 g/mol. The Kier molecular flexibility index (Phi) is 2.57. The highest BCUT2D eigenvalue weighted by molar-refractivity contribution is 6.33. The maximum absolute atomic E-state index is 9.33. The largest absolute Gasteiger partial charge is 0.396 e. The minimum absolute atomic E-state index is 0.183. The van der Waals surface area contributed by atoms with Crippen molar-refractivity contribution in [3.05, 3.63) is 17.8 Å². The Morgan fingerprint density at radius 2 is 2.11 bits per heavy atom. The zero-order chi connectivity index (χ0) is 12.9. The first-order valence-electron chi connectivity index (χ1n) is 5.98. The van der Waals surface area contributed by atoms with E-state index in [1.54, 1.807) is 6.33 Å². The second kappa shape index (κ2) is 3.90. The monoisotopic (exact) mass is 266 g/mol. The molecular formula is C12H15ClN4O. The van der Waals surface area contributed by atoms with Gasteiger partial charge in [-0.3, -0.25) is 0 Å². The van der Waals surface area contributed by atoms with Gasteiger partial charge in [0, 0.05) is 13.2 Å². The molecule has 2 aromatic rings. The molecule has 18 heavy (non-hydrogen) atoms. The quantitative estimate of drug-likeness (QED) is 0.860. The molecule has 2 aromatic heterocycles. The van der Waals surface area contributed by atoms with E-state index in [0.717, 1.165) is 12.2 Å². The molecule has 0 aromatic carbocycles. The number of fused-ring (bicyclic) bond motifs is 1. The number of aliphatic hydroxyl groups excluding tert-OH is 1. The maximum Gasteiger partial charge on any atom is 0.164 e. The van der Waals surface area contributed by atoms with Crippen LogP contribution < -0.4 is 0 Å². The van der Waals surface area contributed by atoms with Gasteiger partial charge in [-0.25, -0.2) is 15.0 Å². The number of hydrogen-bond donors (Lipinski definition) is 1. The summed E-state index contributed by atoms with van der Waals surface area (Å²) in [6.45, 7) is 5.40. The third kappa shape index (κ3) is 1.61. The molecule has 2 heterocycles. The van der Waals surface area contributed by atoms with Crippen LogP contribution in [0.4, 0.5) is 0 Å². The second-order valence-electron chi connectivity index (χ2n) is 5.45. The number of rotatable bonds is 3. The fourth-order valence-corrected chi connectivity index (χ4v) is 2.96. The molecule has 6 heteroatoms. The van der Waals surface area contributed by atoms with E-state index < -0.39 is 0 Å². The van der Waals surface area contributed by atoms with Crippen LogP contribution in [0.3, 0.4) is 0 Å². The molecule has 0 amide bonds. The topological polar surface area (TPSA) is 63.8 Å². The Labute approximate surface area is 110 Å². The van der Waals surface area contributed by atoms with E-state index in [4.69, 9.17) is 11.6 Å². The first-order chi connectivity index (χ1) is 8.55. The summed E-state index contributed by atoms with van der Waals surface area (Å²) in [5, 5.41) is 9.71. The molecule has 1 N–H and O–H groups in total. The van der Waals surface area contributed by atoms with Gasteiger partial charge in [-0.15, -0.1) is 0 Å². The highest BCUT2D eigenvalue weighted by Crippen LogP contribution is 2.58. The molecule has 1 aliphatic carbocycles. The molecule has 96 valence electrons. The van der Waals surface area contributed by atoms with E-state index in [1.165, 1.54) is 6.33 Å². The van der Waals surface area contributed by atoms with Crippen LogP contribution in [-0.4, -0.2) is 31.2 Å². The summed E-state index contributed by atoms with van der Waals surface area (Å²) in [5.41, 5.74) is 1.58. The average Bonchev–Trinajstić information content (AvgIpc) is 2.69. The van der Waals surface area contributed by atoms with Gasteiger partial charge >= 0.3 is 0 Å². The van der Waals surface area contributed by atoms with E-state index in [1.807, 2.05) is 4.57 Å². The van der Waals surface area contributed by atoms with Crippen molar-refractivity contribution in [1.82, 2.24) is 19.5 Å². The van der Waals surface area contributed by atoms with Crippen LogP contribution in [0, 0.1) is 17.3 Å². The van der Waals surface area contributed by atoms with E-state index in [2.05, 4.69) is 28.8 Å². The third-order valence-electron chi connectivity index (χ3n) is 4.23. The second-order valence-corrected chi connectivity index (χ2v) is 5.81. The number of aromatic nitrogens is 4. The molecule has 0 saturated heterocycles. The molecule has 5 nitrogen and oxygen atoms in total. The average molecular weight is 267 g/mol. The first kappa shape index (κ1) is 11.9. The van der Waals surface area contributed by atoms with Crippen LogP contribution >= 0.6 is 11.6 Å². The van der Waals surface area contributed by atoms with E-state index in [0.29, 0.717) is 22.5 Å². The minimum Gasteiger partial charge on any atom is -0.396 e. The molecule has 1 aliphatic rings. The molecule has 0 spiro atoms. The Morgan fingerprint density at radius 3 is 2.78 bits per heavy atom. The molecule has 1 fully saturated rings. The lowest BCUT2D eigenvalue weighted by molar-refractivity contribution is 0.254. The molecule has 3 rings (SSSR count).